The first-order valence-corrected chi connectivity index (χ1v) is 10.00. The first kappa shape index (κ1) is 16.4. The number of fused-ring (bicyclic) bond motifs is 5. The van der Waals surface area contributed by atoms with Gasteiger partial charge in [0.15, 0.2) is 5.60 Å². The smallest absolute Gasteiger partial charge is 0.343 e. The van der Waals surface area contributed by atoms with Gasteiger partial charge in [-0.3, -0.25) is 4.79 Å². The van der Waals surface area contributed by atoms with Gasteiger partial charge in [-0.25, -0.2) is 9.78 Å². The Morgan fingerprint density at radius 2 is 2.11 bits per heavy atom. The lowest BCUT2D eigenvalue weighted by Gasteiger charge is -2.31. The van der Waals surface area contributed by atoms with Crippen LogP contribution in [0.3, 0.4) is 0 Å². The van der Waals surface area contributed by atoms with Crippen LogP contribution in [-0.2, 0) is 28.3 Å². The molecule has 0 saturated carbocycles. The number of aromatic nitrogens is 2. The molecule has 0 unspecified atom stereocenters. The number of nitrogens with zero attached hydrogens (tertiary/aromatic N) is 2. The minimum Gasteiger partial charge on any atom is -0.458 e. The Morgan fingerprint density at radius 1 is 1.30 bits per heavy atom. The average molecular weight is 378 g/mol. The van der Waals surface area contributed by atoms with E-state index in [1.165, 1.54) is 5.19 Å². The first-order valence-electron chi connectivity index (χ1n) is 9.00. The molecule has 0 aliphatic carbocycles. The van der Waals surface area contributed by atoms with Crippen molar-refractivity contribution in [2.75, 3.05) is 0 Å². The maximum atomic E-state index is 13.1. The van der Waals surface area contributed by atoms with Gasteiger partial charge in [-0.05, 0) is 24.6 Å². The molecule has 0 spiro atoms. The topological polar surface area (TPSA) is 81.4 Å². The number of pyridine rings is 2. The monoisotopic (exact) mass is 378 g/mol. The van der Waals surface area contributed by atoms with Crippen molar-refractivity contribution in [3.8, 4) is 11.4 Å². The molecular weight excluding hydrogens is 360 g/mol. The minimum absolute atomic E-state index is 0.106. The normalized spacial score (nSPS) is 20.3. The Hall–Kier alpha value is -2.77. The summed E-state index contributed by atoms with van der Waals surface area (Å²) in [6.07, 6.45) is 0.142. The van der Waals surface area contributed by atoms with Gasteiger partial charge < -0.3 is 14.4 Å². The van der Waals surface area contributed by atoms with Crippen LogP contribution in [0, 0.1) is 0 Å². The SMILES string of the molecule is CC[C@@]1(O)C(=O)OCc2c1cc1n(c2=O)Cc2cc3cc([SiH3])ccc3nc2-1. The molecule has 2 aliphatic rings. The highest BCUT2D eigenvalue weighted by atomic mass is 28.1. The van der Waals surface area contributed by atoms with Crippen molar-refractivity contribution >= 4 is 32.3 Å². The van der Waals surface area contributed by atoms with E-state index in [-0.39, 0.29) is 18.6 Å². The zero-order valence-corrected chi connectivity index (χ0v) is 17.1. The van der Waals surface area contributed by atoms with Crippen molar-refractivity contribution in [2.45, 2.75) is 32.1 Å². The van der Waals surface area contributed by atoms with Crippen molar-refractivity contribution < 1.29 is 14.6 Å². The summed E-state index contributed by atoms with van der Waals surface area (Å²) >= 11 is 0. The van der Waals surface area contributed by atoms with Gasteiger partial charge in [0.1, 0.15) is 6.61 Å². The summed E-state index contributed by atoms with van der Waals surface area (Å²) in [5.41, 5.74) is 1.91. The van der Waals surface area contributed by atoms with Crippen LogP contribution in [0.15, 0.2) is 35.1 Å². The lowest BCUT2D eigenvalue weighted by atomic mass is 9.86. The number of carbonyl (C=O) groups is 1. The molecule has 0 radical (unpaired) electrons. The third-order valence-electron chi connectivity index (χ3n) is 5.66. The lowest BCUT2D eigenvalue weighted by Crippen LogP contribution is -2.44. The lowest BCUT2D eigenvalue weighted by molar-refractivity contribution is -0.172. The van der Waals surface area contributed by atoms with E-state index in [0.29, 0.717) is 23.4 Å². The number of esters is 1. The highest BCUT2D eigenvalue weighted by Crippen LogP contribution is 2.38. The number of hydrogen-bond acceptors (Lipinski definition) is 5. The second-order valence-electron chi connectivity index (χ2n) is 7.30. The van der Waals surface area contributed by atoms with Gasteiger partial charge in [-0.1, -0.05) is 24.2 Å². The Morgan fingerprint density at radius 3 is 2.89 bits per heavy atom. The van der Waals surface area contributed by atoms with Gasteiger partial charge >= 0.3 is 5.97 Å². The van der Waals surface area contributed by atoms with E-state index in [1.807, 2.05) is 6.07 Å². The van der Waals surface area contributed by atoms with Crippen LogP contribution in [0.25, 0.3) is 22.3 Å². The van der Waals surface area contributed by atoms with Gasteiger partial charge in [-0.15, -0.1) is 0 Å². The maximum Gasteiger partial charge on any atom is 0.343 e. The van der Waals surface area contributed by atoms with E-state index in [1.54, 1.807) is 17.6 Å². The number of aliphatic hydroxyl groups is 1. The molecule has 1 atom stereocenters. The first-order chi connectivity index (χ1) is 12.9. The predicted octanol–water partition coefficient (Wildman–Crippen LogP) is 0.0703. The van der Waals surface area contributed by atoms with Crippen LogP contribution in [0.2, 0.25) is 0 Å². The van der Waals surface area contributed by atoms with Crippen LogP contribution in [0.5, 0.6) is 0 Å². The third-order valence-corrected chi connectivity index (χ3v) is 6.29. The summed E-state index contributed by atoms with van der Waals surface area (Å²) in [4.78, 5) is 30.0. The molecule has 0 bridgehead atoms. The van der Waals surface area contributed by atoms with Crippen LogP contribution in [0.1, 0.15) is 30.0 Å². The fourth-order valence-electron chi connectivity index (χ4n) is 4.11. The van der Waals surface area contributed by atoms with E-state index in [9.17, 15) is 14.7 Å². The summed E-state index contributed by atoms with van der Waals surface area (Å²) in [5.74, 6) is -0.703. The van der Waals surface area contributed by atoms with Gasteiger partial charge in [0, 0.05) is 26.8 Å². The second-order valence-corrected chi connectivity index (χ2v) is 8.45. The van der Waals surface area contributed by atoms with Gasteiger partial charge in [0.05, 0.1) is 29.0 Å². The number of rotatable bonds is 1. The average Bonchev–Trinajstić information content (AvgIpc) is 3.01. The van der Waals surface area contributed by atoms with Crippen molar-refractivity contribution in [1.82, 2.24) is 9.55 Å². The Labute approximate surface area is 157 Å². The van der Waals surface area contributed by atoms with Crippen molar-refractivity contribution in [3.05, 3.63) is 57.4 Å². The number of hydrogen-bond donors (Lipinski definition) is 1. The fourth-order valence-corrected chi connectivity index (χ4v) is 4.58. The van der Waals surface area contributed by atoms with Crippen LogP contribution >= 0.6 is 0 Å². The molecule has 0 amide bonds. The van der Waals surface area contributed by atoms with Crippen LogP contribution < -0.4 is 10.7 Å². The molecule has 1 aromatic carbocycles. The molecule has 136 valence electrons. The molecule has 0 saturated heterocycles. The Kier molecular flexibility index (Phi) is 3.26. The highest BCUT2D eigenvalue weighted by molar-refractivity contribution is 6.33. The number of cyclic esters (lactones) is 1. The Bertz CT molecular complexity index is 1220. The van der Waals surface area contributed by atoms with Crippen LogP contribution in [0.4, 0.5) is 0 Å². The largest absolute Gasteiger partial charge is 0.458 e. The zero-order valence-electron chi connectivity index (χ0n) is 15.1. The molecule has 2 aliphatic heterocycles. The van der Waals surface area contributed by atoms with E-state index in [4.69, 9.17) is 9.72 Å². The summed E-state index contributed by atoms with van der Waals surface area (Å²) < 4.78 is 6.75. The summed E-state index contributed by atoms with van der Waals surface area (Å²) in [6.45, 7) is 2.03. The number of ether oxygens (including phenoxy) is 1. The number of carbonyl (C=O) groups excluding carboxylic acids is 1. The molecule has 6 nitrogen and oxygen atoms in total. The van der Waals surface area contributed by atoms with Gasteiger partial charge in [-0.2, -0.15) is 0 Å². The third kappa shape index (κ3) is 2.12. The molecule has 3 aromatic rings. The fraction of sp³-hybridized carbons (Fsp3) is 0.250. The molecule has 1 N–H and O–H groups in total. The second kappa shape index (κ2) is 5.37. The molecule has 2 aromatic heterocycles. The maximum absolute atomic E-state index is 13.1. The quantitative estimate of drug-likeness (QED) is 0.375. The van der Waals surface area contributed by atoms with Crippen LogP contribution in [-0.4, -0.2) is 30.9 Å². The zero-order chi connectivity index (χ0) is 18.9. The Balaban J connectivity index is 1.80. The van der Waals surface area contributed by atoms with Gasteiger partial charge in [0.25, 0.3) is 5.56 Å². The molecule has 0 fully saturated rings. The summed E-state index contributed by atoms with van der Waals surface area (Å²) in [6, 6.07) is 10.0. The van der Waals surface area contributed by atoms with Crippen molar-refractivity contribution in [3.63, 3.8) is 0 Å². The van der Waals surface area contributed by atoms with Gasteiger partial charge in [0.2, 0.25) is 0 Å². The summed E-state index contributed by atoms with van der Waals surface area (Å²) in [7, 11) is 0.966. The molecule has 27 heavy (non-hydrogen) atoms. The highest BCUT2D eigenvalue weighted by Gasteiger charge is 2.45. The molecule has 5 rings (SSSR count). The van der Waals surface area contributed by atoms with E-state index in [2.05, 4.69) is 18.2 Å². The summed E-state index contributed by atoms with van der Waals surface area (Å²) in [5, 5.41) is 13.2. The molecular formula is C20H18N2O4Si. The van der Waals surface area contributed by atoms with E-state index in [0.717, 1.165) is 32.4 Å². The van der Waals surface area contributed by atoms with E-state index >= 15 is 0 Å². The standard InChI is InChI=1S/C20H18N2O4Si/c1-2-20(25)14-7-16-17-11(5-10-6-12(27)3-4-15(10)21-17)8-22(16)18(23)13(14)9-26-19(20)24/h3-7,25H,2,8-9H2,1,27H3/t20-/m0/s1. The molecule has 4 heterocycles. The minimum atomic E-state index is -1.79. The van der Waals surface area contributed by atoms with Crippen molar-refractivity contribution in [2.24, 2.45) is 0 Å². The van der Waals surface area contributed by atoms with E-state index < -0.39 is 11.6 Å². The molecule has 7 heteroatoms. The number of benzene rings is 1. The predicted molar refractivity (Wildman–Crippen MR) is 104 cm³/mol. The van der Waals surface area contributed by atoms with Crippen molar-refractivity contribution in [1.29, 1.82) is 0 Å².